The zero-order chi connectivity index (χ0) is 17.5. The van der Waals surface area contributed by atoms with Gasteiger partial charge in [0.1, 0.15) is 4.60 Å². The van der Waals surface area contributed by atoms with Gasteiger partial charge in [0.15, 0.2) is 0 Å². The van der Waals surface area contributed by atoms with Crippen molar-refractivity contribution >= 4 is 44.4 Å². The first-order chi connectivity index (χ1) is 11.3. The highest BCUT2D eigenvalue weighted by atomic mass is 79.9. The largest absolute Gasteiger partial charge is 0.389 e. The Morgan fingerprint density at radius 3 is 2.75 bits per heavy atom. The van der Waals surface area contributed by atoms with E-state index in [2.05, 4.69) is 36.2 Å². The van der Waals surface area contributed by atoms with Crippen LogP contribution in [0.4, 0.5) is 5.95 Å². The first-order valence-electron chi connectivity index (χ1n) is 7.36. The molecule has 3 aromatic rings. The Morgan fingerprint density at radius 1 is 1.33 bits per heavy atom. The molecule has 6 nitrogen and oxygen atoms in total. The van der Waals surface area contributed by atoms with Gasteiger partial charge in [-0.3, -0.25) is 0 Å². The molecule has 2 N–H and O–H groups in total. The van der Waals surface area contributed by atoms with Crippen LogP contribution >= 0.6 is 27.5 Å². The molecule has 0 aliphatic carbocycles. The van der Waals surface area contributed by atoms with E-state index < -0.39 is 5.60 Å². The Morgan fingerprint density at radius 2 is 2.08 bits per heavy atom. The first-order valence-corrected chi connectivity index (χ1v) is 8.53. The summed E-state index contributed by atoms with van der Waals surface area (Å²) in [4.78, 5) is 12.9. The Hall–Kier alpha value is -1.70. The van der Waals surface area contributed by atoms with Gasteiger partial charge in [-0.15, -0.1) is 0 Å². The van der Waals surface area contributed by atoms with Crippen molar-refractivity contribution in [1.29, 1.82) is 0 Å². The predicted octanol–water partition coefficient (Wildman–Crippen LogP) is 3.72. The highest BCUT2D eigenvalue weighted by molar-refractivity contribution is 9.10. The van der Waals surface area contributed by atoms with Crippen LogP contribution in [0.15, 0.2) is 29.3 Å². The monoisotopic (exact) mass is 409 g/mol. The molecule has 0 amide bonds. The second-order valence-electron chi connectivity index (χ2n) is 6.15. The quantitative estimate of drug-likeness (QED) is 0.641. The van der Waals surface area contributed by atoms with E-state index in [0.29, 0.717) is 23.2 Å². The van der Waals surface area contributed by atoms with Crippen LogP contribution < -0.4 is 5.32 Å². The average molecular weight is 411 g/mol. The van der Waals surface area contributed by atoms with Gasteiger partial charge in [-0.25, -0.2) is 15.0 Å². The number of hydrogen-bond donors (Lipinski definition) is 2. The van der Waals surface area contributed by atoms with Crippen molar-refractivity contribution < 1.29 is 5.11 Å². The minimum atomic E-state index is -0.859. The van der Waals surface area contributed by atoms with Crippen molar-refractivity contribution in [3.63, 3.8) is 0 Å². The third-order valence-electron chi connectivity index (χ3n) is 3.51. The lowest BCUT2D eigenvalue weighted by molar-refractivity contribution is 0.0628. The number of rotatable bonds is 4. The average Bonchev–Trinajstić information content (AvgIpc) is 2.83. The number of aliphatic hydroxyl groups is 1. The first kappa shape index (κ1) is 17.1. The van der Waals surface area contributed by atoms with Crippen molar-refractivity contribution in [2.24, 2.45) is 0 Å². The molecule has 0 aliphatic heterocycles. The molecule has 0 radical (unpaired) electrons. The summed E-state index contributed by atoms with van der Waals surface area (Å²) in [5.74, 6) is 0.492. The third kappa shape index (κ3) is 3.38. The molecule has 0 atom stereocenters. The third-order valence-corrected chi connectivity index (χ3v) is 4.22. The van der Waals surface area contributed by atoms with Crippen LogP contribution in [0.1, 0.15) is 13.8 Å². The van der Waals surface area contributed by atoms with Crippen LogP contribution in [0.2, 0.25) is 5.02 Å². The van der Waals surface area contributed by atoms with E-state index in [1.807, 2.05) is 16.8 Å². The predicted molar refractivity (Wildman–Crippen MR) is 99.3 cm³/mol. The van der Waals surface area contributed by atoms with Gasteiger partial charge in [-0.1, -0.05) is 11.6 Å². The second kappa shape index (κ2) is 6.31. The van der Waals surface area contributed by atoms with Crippen molar-refractivity contribution in [3.8, 4) is 11.3 Å². The van der Waals surface area contributed by atoms with Gasteiger partial charge in [0.2, 0.25) is 5.95 Å². The zero-order valence-corrected chi connectivity index (χ0v) is 15.9. The summed E-state index contributed by atoms with van der Waals surface area (Å²) in [5.41, 5.74) is 1.54. The van der Waals surface area contributed by atoms with Crippen LogP contribution in [-0.4, -0.2) is 37.3 Å². The van der Waals surface area contributed by atoms with E-state index in [1.54, 1.807) is 33.3 Å². The fourth-order valence-electron chi connectivity index (χ4n) is 2.58. The minimum absolute atomic E-state index is 0.425. The standard InChI is InChI=1S/C16H17BrClN5O/c1-16(2,24)8-23-7-10(9-4-13(17)20-6-12(9)23)14-11(18)5-21-15(19-3)22-14/h4-7,24H,8H2,1-3H3,(H,19,21,22). The molecule has 3 aromatic heterocycles. The number of halogens is 2. The van der Waals surface area contributed by atoms with Gasteiger partial charge >= 0.3 is 0 Å². The molecule has 24 heavy (non-hydrogen) atoms. The van der Waals surface area contributed by atoms with Crippen LogP contribution in [-0.2, 0) is 6.54 Å². The fourth-order valence-corrected chi connectivity index (χ4v) is 3.10. The van der Waals surface area contributed by atoms with E-state index in [4.69, 9.17) is 11.6 Å². The molecule has 3 heterocycles. The van der Waals surface area contributed by atoms with Gasteiger partial charge in [-0.05, 0) is 35.8 Å². The van der Waals surface area contributed by atoms with Crippen LogP contribution in [0.3, 0.4) is 0 Å². The Balaban J connectivity index is 2.26. The maximum atomic E-state index is 10.2. The minimum Gasteiger partial charge on any atom is -0.389 e. The van der Waals surface area contributed by atoms with Gasteiger partial charge < -0.3 is 15.0 Å². The molecule has 0 aromatic carbocycles. The number of nitrogens with one attached hydrogen (secondary N) is 1. The molecular formula is C16H17BrClN5O. The lowest BCUT2D eigenvalue weighted by atomic mass is 10.1. The van der Waals surface area contributed by atoms with Crippen molar-refractivity contribution in [2.45, 2.75) is 26.0 Å². The molecular weight excluding hydrogens is 394 g/mol. The summed E-state index contributed by atoms with van der Waals surface area (Å²) in [7, 11) is 1.76. The molecule has 0 saturated carbocycles. The molecule has 0 saturated heterocycles. The topological polar surface area (TPSA) is 75.9 Å². The Kier molecular flexibility index (Phi) is 4.50. The van der Waals surface area contributed by atoms with Gasteiger partial charge in [0, 0.05) is 24.2 Å². The summed E-state index contributed by atoms with van der Waals surface area (Å²) in [6, 6.07) is 1.92. The molecule has 0 aliphatic rings. The fraction of sp³-hybridized carbons (Fsp3) is 0.312. The summed E-state index contributed by atoms with van der Waals surface area (Å²) in [6.45, 7) is 3.96. The number of fused-ring (bicyclic) bond motifs is 1. The summed E-state index contributed by atoms with van der Waals surface area (Å²) < 4.78 is 2.68. The molecule has 0 spiro atoms. The Bertz CT molecular complexity index is 903. The highest BCUT2D eigenvalue weighted by Crippen LogP contribution is 2.35. The van der Waals surface area contributed by atoms with Crippen LogP contribution in [0.25, 0.3) is 22.2 Å². The molecule has 0 unspecified atom stereocenters. The number of pyridine rings is 1. The van der Waals surface area contributed by atoms with E-state index in [9.17, 15) is 5.11 Å². The maximum absolute atomic E-state index is 10.2. The number of anilines is 1. The van der Waals surface area contributed by atoms with E-state index in [1.165, 1.54) is 0 Å². The summed E-state index contributed by atoms with van der Waals surface area (Å²) >= 11 is 9.74. The molecule has 0 fully saturated rings. The zero-order valence-electron chi connectivity index (χ0n) is 13.5. The maximum Gasteiger partial charge on any atom is 0.223 e. The Labute approximate surface area is 153 Å². The molecule has 0 bridgehead atoms. The summed E-state index contributed by atoms with van der Waals surface area (Å²) in [5, 5.41) is 14.5. The van der Waals surface area contributed by atoms with Gasteiger partial charge in [-0.2, -0.15) is 0 Å². The lowest BCUT2D eigenvalue weighted by Crippen LogP contribution is -2.25. The van der Waals surface area contributed by atoms with Crippen molar-refractivity contribution in [1.82, 2.24) is 19.5 Å². The SMILES string of the molecule is CNc1ncc(Cl)c(-c2cn(CC(C)(C)O)c3cnc(Br)cc23)n1. The molecule has 126 valence electrons. The smallest absolute Gasteiger partial charge is 0.223 e. The van der Waals surface area contributed by atoms with Crippen molar-refractivity contribution in [3.05, 3.63) is 34.3 Å². The van der Waals surface area contributed by atoms with E-state index >= 15 is 0 Å². The van der Waals surface area contributed by atoms with Gasteiger partial charge in [0.05, 0.1) is 40.8 Å². The number of nitrogens with zero attached hydrogens (tertiary/aromatic N) is 4. The van der Waals surface area contributed by atoms with E-state index in [0.717, 1.165) is 21.1 Å². The van der Waals surface area contributed by atoms with E-state index in [-0.39, 0.29) is 0 Å². The molecule has 8 heteroatoms. The van der Waals surface area contributed by atoms with Gasteiger partial charge in [0.25, 0.3) is 0 Å². The normalized spacial score (nSPS) is 11.9. The summed E-state index contributed by atoms with van der Waals surface area (Å²) in [6.07, 6.45) is 5.28. The number of hydrogen-bond acceptors (Lipinski definition) is 5. The molecule has 3 rings (SSSR count). The highest BCUT2D eigenvalue weighted by Gasteiger charge is 2.20. The van der Waals surface area contributed by atoms with Crippen LogP contribution in [0.5, 0.6) is 0 Å². The lowest BCUT2D eigenvalue weighted by Gasteiger charge is -2.18. The number of aromatic nitrogens is 4. The second-order valence-corrected chi connectivity index (χ2v) is 7.37. The van der Waals surface area contributed by atoms with Crippen LogP contribution in [0, 0.1) is 0 Å². The van der Waals surface area contributed by atoms with Crippen molar-refractivity contribution in [2.75, 3.05) is 12.4 Å².